The van der Waals surface area contributed by atoms with Crippen molar-refractivity contribution in [3.8, 4) is 5.75 Å². The Hall–Kier alpha value is -1.22. The third-order valence-electron chi connectivity index (χ3n) is 3.56. The average Bonchev–Trinajstić information content (AvgIpc) is 2.52. The molecule has 0 radical (unpaired) electrons. The predicted octanol–water partition coefficient (Wildman–Crippen LogP) is 5.40. The third-order valence-corrected chi connectivity index (χ3v) is 3.80. The summed E-state index contributed by atoms with van der Waals surface area (Å²) in [5.74, 6) is 0.871. The summed E-state index contributed by atoms with van der Waals surface area (Å²) in [4.78, 5) is 0. The summed E-state index contributed by atoms with van der Waals surface area (Å²) in [6, 6.07) is 16.6. The van der Waals surface area contributed by atoms with Crippen LogP contribution in [0.5, 0.6) is 5.75 Å². The van der Waals surface area contributed by atoms with Gasteiger partial charge in [-0.15, -0.1) is 12.4 Å². The normalized spacial score (nSPS) is 11.6. The van der Waals surface area contributed by atoms with E-state index in [1.807, 2.05) is 24.3 Å². The van der Waals surface area contributed by atoms with E-state index < -0.39 is 0 Å². The number of rotatable bonds is 7. The van der Waals surface area contributed by atoms with Crippen LogP contribution in [-0.2, 0) is 6.54 Å². The summed E-state index contributed by atoms with van der Waals surface area (Å²) < 4.78 is 5.40. The van der Waals surface area contributed by atoms with E-state index in [9.17, 15) is 0 Å². The number of halogens is 2. The summed E-state index contributed by atoms with van der Waals surface area (Å²) in [6.07, 6.45) is 2.24. The van der Waals surface area contributed by atoms with Crippen molar-refractivity contribution in [1.82, 2.24) is 5.32 Å². The number of nitrogens with one attached hydrogen (secondary N) is 1. The predicted molar refractivity (Wildman–Crippen MR) is 96.2 cm³/mol. The molecule has 0 bridgehead atoms. The number of hydrogen-bond donors (Lipinski definition) is 1. The Labute approximate surface area is 144 Å². The second-order valence-corrected chi connectivity index (χ2v) is 5.53. The summed E-state index contributed by atoms with van der Waals surface area (Å²) in [6.45, 7) is 2.95. The molecule has 1 atom stereocenters. The Morgan fingerprint density at radius 3 is 2.50 bits per heavy atom. The van der Waals surface area contributed by atoms with Crippen LogP contribution in [0.15, 0.2) is 48.5 Å². The number of methoxy groups -OCH3 is 1. The second-order valence-electron chi connectivity index (χ2n) is 5.09. The first kappa shape index (κ1) is 18.8. The van der Waals surface area contributed by atoms with Crippen molar-refractivity contribution in [2.24, 2.45) is 0 Å². The smallest absolute Gasteiger partial charge is 0.123 e. The van der Waals surface area contributed by atoms with Gasteiger partial charge in [-0.2, -0.15) is 0 Å². The second kappa shape index (κ2) is 9.73. The van der Waals surface area contributed by atoms with Crippen LogP contribution >= 0.6 is 24.0 Å². The van der Waals surface area contributed by atoms with Crippen LogP contribution in [0.4, 0.5) is 0 Å². The Bertz CT molecular complexity index is 560. The van der Waals surface area contributed by atoms with Crippen LogP contribution in [0.25, 0.3) is 0 Å². The third kappa shape index (κ3) is 5.20. The highest BCUT2D eigenvalue weighted by atomic mass is 35.5. The molecule has 0 aliphatic heterocycles. The summed E-state index contributed by atoms with van der Waals surface area (Å²) >= 11 is 6.08. The van der Waals surface area contributed by atoms with Crippen LogP contribution < -0.4 is 10.1 Å². The highest BCUT2D eigenvalue weighted by molar-refractivity contribution is 6.30. The number of hydrogen-bond acceptors (Lipinski definition) is 2. The van der Waals surface area contributed by atoms with Crippen molar-refractivity contribution in [2.45, 2.75) is 32.4 Å². The molecule has 2 aromatic carbocycles. The van der Waals surface area contributed by atoms with Crippen LogP contribution in [0.3, 0.4) is 0 Å². The van der Waals surface area contributed by atoms with E-state index in [1.165, 1.54) is 5.56 Å². The quantitative estimate of drug-likeness (QED) is 0.728. The minimum absolute atomic E-state index is 0. The van der Waals surface area contributed by atoms with Gasteiger partial charge in [-0.05, 0) is 30.2 Å². The maximum absolute atomic E-state index is 6.08. The minimum atomic E-state index is 0. The van der Waals surface area contributed by atoms with Crippen molar-refractivity contribution < 1.29 is 4.74 Å². The van der Waals surface area contributed by atoms with E-state index in [0.717, 1.165) is 35.7 Å². The summed E-state index contributed by atoms with van der Waals surface area (Å²) in [5.41, 5.74) is 2.40. The zero-order valence-electron chi connectivity index (χ0n) is 13.0. The summed E-state index contributed by atoms with van der Waals surface area (Å²) in [5, 5.41) is 4.35. The van der Waals surface area contributed by atoms with Crippen molar-refractivity contribution in [1.29, 1.82) is 0 Å². The lowest BCUT2D eigenvalue weighted by Gasteiger charge is -2.19. The molecule has 2 rings (SSSR count). The van der Waals surface area contributed by atoms with Gasteiger partial charge in [0.05, 0.1) is 7.11 Å². The number of ether oxygens (including phenoxy) is 1. The average molecular weight is 340 g/mol. The molecule has 0 aromatic heterocycles. The molecule has 4 heteroatoms. The molecule has 0 aliphatic carbocycles. The Balaban J connectivity index is 0.00000242. The Kier molecular flexibility index (Phi) is 8.32. The van der Waals surface area contributed by atoms with Crippen LogP contribution in [0, 0.1) is 0 Å². The fraction of sp³-hybridized carbons (Fsp3) is 0.333. The SMILES string of the molecule is CCCC(NCc1cc(Cl)ccc1OC)c1ccccc1.Cl. The fourth-order valence-corrected chi connectivity index (χ4v) is 2.67. The maximum atomic E-state index is 6.08. The molecule has 2 nitrogen and oxygen atoms in total. The molecule has 1 N–H and O–H groups in total. The number of benzene rings is 2. The van der Waals surface area contributed by atoms with Crippen LogP contribution in [0.1, 0.15) is 36.9 Å². The van der Waals surface area contributed by atoms with Crippen LogP contribution in [0.2, 0.25) is 5.02 Å². The van der Waals surface area contributed by atoms with E-state index in [-0.39, 0.29) is 12.4 Å². The van der Waals surface area contributed by atoms with Gasteiger partial charge in [-0.25, -0.2) is 0 Å². The van der Waals surface area contributed by atoms with Crippen molar-refractivity contribution >= 4 is 24.0 Å². The standard InChI is InChI=1S/C18H22ClNO.ClH/c1-3-7-17(14-8-5-4-6-9-14)20-13-15-12-16(19)10-11-18(15)21-2;/h4-6,8-12,17,20H,3,7,13H2,1-2H3;1H. The lowest BCUT2D eigenvalue weighted by molar-refractivity contribution is 0.403. The first-order valence-corrected chi connectivity index (χ1v) is 7.73. The first-order valence-electron chi connectivity index (χ1n) is 7.35. The molecule has 0 fully saturated rings. The van der Waals surface area contributed by atoms with E-state index in [2.05, 4.69) is 36.5 Å². The van der Waals surface area contributed by atoms with Crippen molar-refractivity contribution in [3.05, 3.63) is 64.7 Å². The highest BCUT2D eigenvalue weighted by Crippen LogP contribution is 2.24. The molecule has 0 spiro atoms. The van der Waals surface area contributed by atoms with Crippen LogP contribution in [-0.4, -0.2) is 7.11 Å². The van der Waals surface area contributed by atoms with Gasteiger partial charge < -0.3 is 10.1 Å². The lowest BCUT2D eigenvalue weighted by atomic mass is 10.0. The van der Waals surface area contributed by atoms with Gasteiger partial charge in [-0.1, -0.05) is 55.3 Å². The largest absolute Gasteiger partial charge is 0.496 e. The Morgan fingerprint density at radius 1 is 1.14 bits per heavy atom. The molecular formula is C18H23Cl2NO. The monoisotopic (exact) mass is 339 g/mol. The first-order chi connectivity index (χ1) is 10.2. The maximum Gasteiger partial charge on any atom is 0.123 e. The van der Waals surface area contributed by atoms with Gasteiger partial charge in [0.15, 0.2) is 0 Å². The summed E-state index contributed by atoms with van der Waals surface area (Å²) in [7, 11) is 1.69. The van der Waals surface area contributed by atoms with Gasteiger partial charge in [0.25, 0.3) is 0 Å². The molecule has 0 heterocycles. The van der Waals surface area contributed by atoms with Gasteiger partial charge in [0.1, 0.15) is 5.75 Å². The molecule has 120 valence electrons. The van der Waals surface area contributed by atoms with E-state index >= 15 is 0 Å². The van der Waals surface area contributed by atoms with E-state index in [4.69, 9.17) is 16.3 Å². The molecule has 2 aromatic rings. The van der Waals surface area contributed by atoms with Gasteiger partial charge in [0, 0.05) is 23.2 Å². The molecule has 0 amide bonds. The fourth-order valence-electron chi connectivity index (χ4n) is 2.48. The molecule has 0 saturated carbocycles. The minimum Gasteiger partial charge on any atom is -0.496 e. The molecule has 0 aliphatic rings. The molecule has 0 saturated heterocycles. The van der Waals surface area contributed by atoms with E-state index in [1.54, 1.807) is 7.11 Å². The molecule has 22 heavy (non-hydrogen) atoms. The Morgan fingerprint density at radius 2 is 1.86 bits per heavy atom. The van der Waals surface area contributed by atoms with E-state index in [0.29, 0.717) is 6.04 Å². The molecule has 1 unspecified atom stereocenters. The van der Waals surface area contributed by atoms with Gasteiger partial charge in [-0.3, -0.25) is 0 Å². The zero-order chi connectivity index (χ0) is 15.1. The van der Waals surface area contributed by atoms with Gasteiger partial charge in [0.2, 0.25) is 0 Å². The van der Waals surface area contributed by atoms with Crippen molar-refractivity contribution in [3.63, 3.8) is 0 Å². The lowest BCUT2D eigenvalue weighted by Crippen LogP contribution is -2.21. The topological polar surface area (TPSA) is 21.3 Å². The highest BCUT2D eigenvalue weighted by Gasteiger charge is 2.11. The van der Waals surface area contributed by atoms with Gasteiger partial charge >= 0.3 is 0 Å². The zero-order valence-corrected chi connectivity index (χ0v) is 14.6. The molecular weight excluding hydrogens is 317 g/mol. The van der Waals surface area contributed by atoms with Crippen molar-refractivity contribution in [2.75, 3.05) is 7.11 Å².